The molecule has 0 amide bonds. The number of aryl methyl sites for hydroxylation is 2. The van der Waals surface area contributed by atoms with Gasteiger partial charge in [0.2, 0.25) is 18.1 Å². The van der Waals surface area contributed by atoms with E-state index in [1.54, 1.807) is 30.6 Å². The van der Waals surface area contributed by atoms with E-state index in [9.17, 15) is 14.3 Å². The number of imidazole rings is 1. The minimum atomic E-state index is -0.746. The SMILES string of the molecule is Cn1c[n+](C)cc1Nc1nccc(-c2ccn([C@H](CO)c3ccc(Cl)c(F)c3)c(=O)c2)n1. The van der Waals surface area contributed by atoms with Crippen LogP contribution >= 0.6 is 11.6 Å². The van der Waals surface area contributed by atoms with Crippen LogP contribution in [0, 0.1) is 5.82 Å². The Hall–Kier alpha value is -3.56. The number of rotatable bonds is 6. The van der Waals surface area contributed by atoms with E-state index in [1.165, 1.54) is 22.8 Å². The molecule has 0 aliphatic rings. The maximum absolute atomic E-state index is 13.9. The Morgan fingerprint density at radius 2 is 2.09 bits per heavy atom. The Kier molecular flexibility index (Phi) is 6.02. The molecule has 1 aromatic carbocycles. The number of aliphatic hydroxyl groups is 1. The van der Waals surface area contributed by atoms with Gasteiger partial charge < -0.3 is 9.67 Å². The molecule has 2 N–H and O–H groups in total. The number of hydrogen-bond donors (Lipinski definition) is 2. The van der Waals surface area contributed by atoms with E-state index in [1.807, 2.05) is 35.8 Å². The highest BCUT2D eigenvalue weighted by Gasteiger charge is 2.17. The molecule has 4 rings (SSSR count). The van der Waals surface area contributed by atoms with Gasteiger partial charge in [-0.05, 0) is 29.8 Å². The molecule has 0 aliphatic heterocycles. The molecule has 0 saturated heterocycles. The lowest BCUT2D eigenvalue weighted by atomic mass is 10.1. The van der Waals surface area contributed by atoms with Crippen molar-refractivity contribution in [3.8, 4) is 11.3 Å². The maximum Gasteiger partial charge on any atom is 0.251 e. The summed E-state index contributed by atoms with van der Waals surface area (Å²) in [7, 11) is 3.81. The molecule has 4 aromatic rings. The summed E-state index contributed by atoms with van der Waals surface area (Å²) in [6.07, 6.45) is 6.95. The molecule has 0 unspecified atom stereocenters. The van der Waals surface area contributed by atoms with Gasteiger partial charge in [-0.3, -0.25) is 10.1 Å². The third-order valence-electron chi connectivity index (χ3n) is 5.04. The van der Waals surface area contributed by atoms with E-state index in [0.29, 0.717) is 22.8 Å². The highest BCUT2D eigenvalue weighted by atomic mass is 35.5. The van der Waals surface area contributed by atoms with Crippen molar-refractivity contribution >= 4 is 23.4 Å². The first-order chi connectivity index (χ1) is 15.4. The lowest BCUT2D eigenvalue weighted by molar-refractivity contribution is -0.670. The van der Waals surface area contributed by atoms with E-state index in [-0.39, 0.29) is 17.2 Å². The Morgan fingerprint density at radius 1 is 1.28 bits per heavy atom. The van der Waals surface area contributed by atoms with Crippen molar-refractivity contribution in [2.45, 2.75) is 6.04 Å². The van der Waals surface area contributed by atoms with E-state index >= 15 is 0 Å². The average molecular weight is 456 g/mol. The summed E-state index contributed by atoms with van der Waals surface area (Å²) >= 11 is 5.74. The largest absolute Gasteiger partial charge is 0.394 e. The second kappa shape index (κ2) is 8.89. The zero-order valence-corrected chi connectivity index (χ0v) is 18.2. The smallest absolute Gasteiger partial charge is 0.251 e. The molecule has 0 bridgehead atoms. The van der Waals surface area contributed by atoms with Crippen LogP contribution in [0.15, 0.2) is 66.1 Å². The van der Waals surface area contributed by atoms with Gasteiger partial charge in [0.25, 0.3) is 5.56 Å². The van der Waals surface area contributed by atoms with Crippen molar-refractivity contribution in [1.82, 2.24) is 19.1 Å². The topological polar surface area (TPSA) is 88.9 Å². The predicted octanol–water partition coefficient (Wildman–Crippen LogP) is 2.59. The number of hydrogen-bond acceptors (Lipinski definition) is 5. The van der Waals surface area contributed by atoms with Crippen LogP contribution in [0.5, 0.6) is 0 Å². The van der Waals surface area contributed by atoms with E-state index in [0.717, 1.165) is 5.82 Å². The summed E-state index contributed by atoms with van der Waals surface area (Å²) in [4.78, 5) is 21.6. The van der Waals surface area contributed by atoms with E-state index in [4.69, 9.17) is 11.6 Å². The number of nitrogens with zero attached hydrogens (tertiary/aromatic N) is 5. The summed E-state index contributed by atoms with van der Waals surface area (Å²) in [5, 5.41) is 13.0. The van der Waals surface area contributed by atoms with Gasteiger partial charge in [-0.15, -0.1) is 0 Å². The number of halogens is 2. The number of nitrogens with one attached hydrogen (secondary N) is 1. The first kappa shape index (κ1) is 21.7. The predicted molar refractivity (Wildman–Crippen MR) is 118 cm³/mol. The van der Waals surface area contributed by atoms with Crippen molar-refractivity contribution in [2.24, 2.45) is 14.1 Å². The van der Waals surface area contributed by atoms with Crippen molar-refractivity contribution < 1.29 is 14.1 Å². The molecule has 0 radical (unpaired) electrons. The third-order valence-corrected chi connectivity index (χ3v) is 5.34. The highest BCUT2D eigenvalue weighted by Crippen LogP contribution is 2.23. The summed E-state index contributed by atoms with van der Waals surface area (Å²) in [5.74, 6) is 0.583. The molecule has 3 aromatic heterocycles. The van der Waals surface area contributed by atoms with Crippen molar-refractivity contribution in [1.29, 1.82) is 0 Å². The number of pyridine rings is 1. The zero-order valence-electron chi connectivity index (χ0n) is 17.4. The summed E-state index contributed by atoms with van der Waals surface area (Å²) in [6.45, 7) is -0.379. The second-order valence-electron chi connectivity index (χ2n) is 7.33. The molecule has 0 saturated carbocycles. The summed E-state index contributed by atoms with van der Waals surface area (Å²) < 4.78 is 19.0. The van der Waals surface area contributed by atoms with Crippen LogP contribution in [0.1, 0.15) is 11.6 Å². The van der Waals surface area contributed by atoms with Gasteiger partial charge >= 0.3 is 0 Å². The van der Waals surface area contributed by atoms with Gasteiger partial charge in [0.1, 0.15) is 5.82 Å². The average Bonchev–Trinajstić information content (AvgIpc) is 3.09. The molecule has 1 atom stereocenters. The Balaban J connectivity index is 1.63. The van der Waals surface area contributed by atoms with Crippen LogP contribution in [-0.2, 0) is 14.1 Å². The number of aliphatic hydroxyl groups excluding tert-OH is 1. The normalized spacial score (nSPS) is 12.0. The highest BCUT2D eigenvalue weighted by molar-refractivity contribution is 6.30. The fraction of sp³-hybridized carbons (Fsp3) is 0.182. The zero-order chi connectivity index (χ0) is 22.8. The van der Waals surface area contributed by atoms with Gasteiger partial charge in [-0.25, -0.2) is 23.5 Å². The maximum atomic E-state index is 13.9. The molecule has 10 heteroatoms. The van der Waals surface area contributed by atoms with Gasteiger partial charge in [-0.2, -0.15) is 0 Å². The fourth-order valence-corrected chi connectivity index (χ4v) is 3.57. The second-order valence-corrected chi connectivity index (χ2v) is 7.74. The third kappa shape index (κ3) is 4.39. The van der Waals surface area contributed by atoms with Crippen molar-refractivity contribution in [2.75, 3.05) is 11.9 Å². The van der Waals surface area contributed by atoms with Crippen LogP contribution in [-0.4, -0.2) is 30.8 Å². The molecule has 0 aliphatic carbocycles. The number of aromatic nitrogens is 5. The minimum Gasteiger partial charge on any atom is -0.394 e. The molecule has 164 valence electrons. The number of benzene rings is 1. The molecular weight excluding hydrogens is 435 g/mol. The first-order valence-electron chi connectivity index (χ1n) is 9.75. The van der Waals surface area contributed by atoms with E-state index in [2.05, 4.69) is 15.3 Å². The molecule has 0 fully saturated rings. The van der Waals surface area contributed by atoms with Crippen molar-refractivity contribution in [3.63, 3.8) is 0 Å². The van der Waals surface area contributed by atoms with E-state index < -0.39 is 11.9 Å². The fourth-order valence-electron chi connectivity index (χ4n) is 3.45. The molecule has 32 heavy (non-hydrogen) atoms. The lowest BCUT2D eigenvalue weighted by Gasteiger charge is -2.18. The summed E-state index contributed by atoms with van der Waals surface area (Å²) in [5.41, 5.74) is 1.23. The monoisotopic (exact) mass is 455 g/mol. The molecule has 8 nitrogen and oxygen atoms in total. The lowest BCUT2D eigenvalue weighted by Crippen LogP contribution is -2.27. The minimum absolute atomic E-state index is 0.0228. The standard InChI is InChI=1S/C22H21ClFN6O2/c1-28-11-20(29(2)13-28)27-22-25-7-5-18(26-22)14-6-8-30(21(32)10-14)19(12-31)15-3-4-16(23)17(24)9-15/h3-11,13,19,31H,12H2,1-2H3,(H,25,26,27)/q+1/t19-/m1/s1. The van der Waals surface area contributed by atoms with Crippen LogP contribution < -0.4 is 15.4 Å². The van der Waals surface area contributed by atoms with Crippen molar-refractivity contribution in [3.05, 3.63) is 88.1 Å². The Labute approximate surface area is 188 Å². The van der Waals surface area contributed by atoms with Crippen LogP contribution in [0.3, 0.4) is 0 Å². The molecular formula is C22H21ClFN6O2+. The van der Waals surface area contributed by atoms with Gasteiger partial charge in [0.15, 0.2) is 6.20 Å². The first-order valence-corrected chi connectivity index (χ1v) is 10.1. The number of anilines is 2. The Morgan fingerprint density at radius 3 is 2.75 bits per heavy atom. The van der Waals surface area contributed by atoms with Gasteiger partial charge in [-0.1, -0.05) is 17.7 Å². The Bertz CT molecular complexity index is 1340. The van der Waals surface area contributed by atoms with Gasteiger partial charge in [0, 0.05) is 24.0 Å². The van der Waals surface area contributed by atoms with Crippen LogP contribution in [0.2, 0.25) is 5.02 Å². The van der Waals surface area contributed by atoms with Crippen LogP contribution in [0.4, 0.5) is 16.2 Å². The summed E-state index contributed by atoms with van der Waals surface area (Å²) in [6, 6.07) is 8.29. The quantitative estimate of drug-likeness (QED) is 0.436. The molecule has 3 heterocycles. The van der Waals surface area contributed by atoms with Crippen LogP contribution in [0.25, 0.3) is 11.3 Å². The molecule has 0 spiro atoms. The van der Waals surface area contributed by atoms with Gasteiger partial charge in [0.05, 0.1) is 37.5 Å².